The van der Waals surface area contributed by atoms with Gasteiger partial charge >= 0.3 is 121 Å². The average molecular weight is 521 g/mol. The zero-order valence-electron chi connectivity index (χ0n) is 16.8. The molecule has 2 N–H and O–H groups in total. The van der Waals surface area contributed by atoms with E-state index in [4.69, 9.17) is 5.14 Å². The summed E-state index contributed by atoms with van der Waals surface area (Å²) >= 11 is -1.98. The van der Waals surface area contributed by atoms with Crippen LogP contribution in [0.25, 0.3) is 0 Å². The van der Waals surface area contributed by atoms with Gasteiger partial charge in [0.2, 0.25) is 10.0 Å². The Morgan fingerprint density at radius 1 is 0.567 bits per heavy atom. The van der Waals surface area contributed by atoms with Crippen molar-refractivity contribution in [3.05, 3.63) is 121 Å². The van der Waals surface area contributed by atoms with Gasteiger partial charge in [0.15, 0.2) is 0 Å². The van der Waals surface area contributed by atoms with E-state index in [2.05, 4.69) is 91.0 Å². The van der Waals surface area contributed by atoms with Crippen LogP contribution >= 0.6 is 0 Å². The molecule has 0 fully saturated rings. The zero-order chi connectivity index (χ0) is 21.4. The van der Waals surface area contributed by atoms with Crippen LogP contribution in [0.3, 0.4) is 0 Å². The molecule has 0 heterocycles. The van der Waals surface area contributed by atoms with Gasteiger partial charge < -0.3 is 0 Å². The van der Waals surface area contributed by atoms with E-state index >= 15 is 0 Å². The van der Waals surface area contributed by atoms with Gasteiger partial charge in [-0.05, 0) is 19.1 Å². The number of nitrogens with two attached hydrogens (primary N) is 1. The maximum absolute atomic E-state index is 10.7. The minimum atomic E-state index is -3.52. The van der Waals surface area contributed by atoms with Crippen LogP contribution in [-0.4, -0.2) is 28.2 Å². The maximum atomic E-state index is 10.7. The molecule has 3 nitrogen and oxygen atoms in total. The van der Waals surface area contributed by atoms with Crippen molar-refractivity contribution in [2.75, 3.05) is 0 Å². The molecule has 0 saturated heterocycles. The van der Waals surface area contributed by atoms with Crippen LogP contribution in [0.4, 0.5) is 0 Å². The Labute approximate surface area is 186 Å². The molecule has 30 heavy (non-hydrogen) atoms. The van der Waals surface area contributed by atoms with E-state index in [0.29, 0.717) is 0 Å². The molecule has 0 aliphatic heterocycles. The number of hydrogen-bond donors (Lipinski definition) is 1. The standard InChI is InChI=1S/C7H9NO2S.3C6H5.Sn/c1-6-2-4-7(5-3-6)11(8,9)10;3*1-2-4-6-5-3-1;/h2-5H,1H3,(H2,8,9,10);3*1-5H;. The van der Waals surface area contributed by atoms with Crippen molar-refractivity contribution in [3.63, 3.8) is 0 Å². The van der Waals surface area contributed by atoms with Gasteiger partial charge in [0, 0.05) is 0 Å². The van der Waals surface area contributed by atoms with Crippen molar-refractivity contribution in [2.24, 2.45) is 5.14 Å². The van der Waals surface area contributed by atoms with Crippen LogP contribution < -0.4 is 15.9 Å². The Balaban J connectivity index is 0.000000199. The molecule has 0 aromatic heterocycles. The summed E-state index contributed by atoms with van der Waals surface area (Å²) in [5.41, 5.74) is 1.01. The molecule has 0 spiro atoms. The first-order valence-electron chi connectivity index (χ1n) is 9.58. The van der Waals surface area contributed by atoms with Crippen LogP contribution in [0.2, 0.25) is 0 Å². The average Bonchev–Trinajstić information content (AvgIpc) is 2.76. The van der Waals surface area contributed by atoms with Crippen LogP contribution in [0, 0.1) is 6.92 Å². The monoisotopic (exact) mass is 522 g/mol. The van der Waals surface area contributed by atoms with Crippen LogP contribution in [0.15, 0.2) is 120 Å². The molecule has 1 radical (unpaired) electrons. The fourth-order valence-electron chi connectivity index (χ4n) is 3.04. The third-order valence-corrected chi connectivity index (χ3v) is 13.3. The van der Waals surface area contributed by atoms with Gasteiger partial charge in [0.1, 0.15) is 0 Å². The second-order valence-electron chi connectivity index (χ2n) is 6.83. The quantitative estimate of drug-likeness (QED) is 0.421. The predicted octanol–water partition coefficient (Wildman–Crippen LogP) is 2.85. The van der Waals surface area contributed by atoms with Crippen molar-refractivity contribution >= 4 is 40.5 Å². The van der Waals surface area contributed by atoms with E-state index in [9.17, 15) is 8.42 Å². The third-order valence-electron chi connectivity index (χ3n) is 4.54. The number of rotatable bonds is 4. The number of primary sulfonamides is 1. The normalized spacial score (nSPS) is 10.9. The second-order valence-corrected chi connectivity index (χ2v) is 15.5. The third kappa shape index (κ3) is 6.29. The summed E-state index contributed by atoms with van der Waals surface area (Å²) in [7, 11) is -3.52. The molecule has 4 aromatic rings. The first-order valence-corrected chi connectivity index (χ1v) is 15.4. The van der Waals surface area contributed by atoms with Crippen molar-refractivity contribution in [1.82, 2.24) is 0 Å². The van der Waals surface area contributed by atoms with Gasteiger partial charge in [-0.3, -0.25) is 0 Å². The predicted molar refractivity (Wildman–Crippen MR) is 127 cm³/mol. The van der Waals surface area contributed by atoms with E-state index < -0.39 is 29.8 Å². The number of hydrogen-bond acceptors (Lipinski definition) is 2. The van der Waals surface area contributed by atoms with Gasteiger partial charge in [-0.15, -0.1) is 0 Å². The number of sulfonamides is 1. The molecule has 4 aromatic carbocycles. The fraction of sp³-hybridized carbons (Fsp3) is 0.0400. The summed E-state index contributed by atoms with van der Waals surface area (Å²) in [6.45, 7) is 1.88. The number of aryl methyl sites for hydroxylation is 1. The van der Waals surface area contributed by atoms with E-state index in [1.807, 2.05) is 6.92 Å². The molecule has 0 atom stereocenters. The minimum absolute atomic E-state index is 0.156. The SMILES string of the molecule is Cc1ccc(S(N)(=O)=O)cc1.c1cc[c]([Sn]([c]2ccccc2)[c]2ccccc2)cc1. The second kappa shape index (κ2) is 10.6. The Morgan fingerprint density at radius 2 is 0.900 bits per heavy atom. The van der Waals surface area contributed by atoms with Gasteiger partial charge in [0.25, 0.3) is 0 Å². The van der Waals surface area contributed by atoms with Crippen molar-refractivity contribution in [3.8, 4) is 0 Å². The molecule has 0 saturated carbocycles. The summed E-state index contributed by atoms with van der Waals surface area (Å²) < 4.78 is 26.0. The van der Waals surface area contributed by atoms with Gasteiger partial charge in [0.05, 0.1) is 4.90 Å². The summed E-state index contributed by atoms with van der Waals surface area (Å²) in [4.78, 5) is 0.156. The van der Waals surface area contributed by atoms with E-state index in [1.54, 1.807) is 12.1 Å². The molecule has 0 unspecified atom stereocenters. The topological polar surface area (TPSA) is 60.2 Å². The van der Waals surface area contributed by atoms with Gasteiger partial charge in [-0.1, -0.05) is 17.7 Å². The van der Waals surface area contributed by atoms with E-state index in [1.165, 1.54) is 22.9 Å². The Bertz CT molecular complexity index is 1050. The fourth-order valence-corrected chi connectivity index (χ4v) is 10.9. The Hall–Kier alpha value is -2.41. The first-order chi connectivity index (χ1) is 14.4. The molecule has 0 bridgehead atoms. The summed E-state index contributed by atoms with van der Waals surface area (Å²) in [5, 5.41) is 4.88. The van der Waals surface area contributed by atoms with Crippen molar-refractivity contribution in [1.29, 1.82) is 0 Å². The van der Waals surface area contributed by atoms with Crippen LogP contribution in [0.1, 0.15) is 5.56 Å². The summed E-state index contributed by atoms with van der Waals surface area (Å²) in [6, 6.07) is 39.3. The molecule has 4 rings (SSSR count). The van der Waals surface area contributed by atoms with E-state index in [0.717, 1.165) is 5.56 Å². The molecular formula is C25H24NO2SSn. The molecule has 5 heteroatoms. The van der Waals surface area contributed by atoms with Crippen LogP contribution in [0.5, 0.6) is 0 Å². The van der Waals surface area contributed by atoms with Gasteiger partial charge in [-0.2, -0.15) is 0 Å². The molecular weight excluding hydrogens is 497 g/mol. The molecule has 0 aliphatic carbocycles. The van der Waals surface area contributed by atoms with Crippen molar-refractivity contribution < 1.29 is 8.42 Å². The number of benzene rings is 4. The van der Waals surface area contributed by atoms with Gasteiger partial charge in [-0.25, -0.2) is 13.6 Å². The molecule has 0 amide bonds. The molecule has 0 aliphatic rings. The van der Waals surface area contributed by atoms with E-state index in [-0.39, 0.29) is 4.90 Å². The zero-order valence-corrected chi connectivity index (χ0v) is 20.4. The Kier molecular flexibility index (Phi) is 7.85. The Morgan fingerprint density at radius 3 is 1.20 bits per heavy atom. The van der Waals surface area contributed by atoms with Crippen molar-refractivity contribution in [2.45, 2.75) is 11.8 Å². The summed E-state index contributed by atoms with van der Waals surface area (Å²) in [5.74, 6) is 0. The van der Waals surface area contributed by atoms with Crippen LogP contribution in [-0.2, 0) is 10.0 Å². The first kappa shape index (κ1) is 22.3. The summed E-state index contributed by atoms with van der Waals surface area (Å²) in [6.07, 6.45) is 0. The molecule has 151 valence electrons.